The first-order valence-corrected chi connectivity index (χ1v) is 10.1. The van der Waals surface area contributed by atoms with Crippen molar-refractivity contribution in [2.45, 2.75) is 68.8 Å². The van der Waals surface area contributed by atoms with Gasteiger partial charge in [-0.15, -0.1) is 10.2 Å². The van der Waals surface area contributed by atoms with E-state index < -0.39 is 0 Å². The molecule has 0 aromatic carbocycles. The van der Waals surface area contributed by atoms with Gasteiger partial charge in [-0.3, -0.25) is 4.57 Å². The Morgan fingerprint density at radius 1 is 1.23 bits per heavy atom. The number of hydrogen-bond acceptors (Lipinski definition) is 7. The van der Waals surface area contributed by atoms with E-state index in [0.29, 0.717) is 17.7 Å². The van der Waals surface area contributed by atoms with Gasteiger partial charge in [0.05, 0.1) is 12.0 Å². The zero-order valence-electron chi connectivity index (χ0n) is 15.1. The smallest absolute Gasteiger partial charge is 0.237 e. The van der Waals surface area contributed by atoms with Crippen LogP contribution in [0.4, 0.5) is 0 Å². The summed E-state index contributed by atoms with van der Waals surface area (Å²) in [6, 6.07) is 4.23. The summed E-state index contributed by atoms with van der Waals surface area (Å²) in [5, 5.41) is 13.8. The van der Waals surface area contributed by atoms with Gasteiger partial charge in [0.15, 0.2) is 16.7 Å². The monoisotopic (exact) mass is 373 g/mol. The number of thioether (sulfide) groups is 1. The molecule has 1 saturated carbocycles. The third kappa shape index (κ3) is 3.56. The first-order chi connectivity index (χ1) is 12.7. The maximum atomic E-state index is 5.58. The first-order valence-electron chi connectivity index (χ1n) is 9.16. The Balaban J connectivity index is 1.58. The molecule has 8 heteroatoms. The quantitative estimate of drug-likeness (QED) is 0.572. The molecule has 0 saturated heterocycles. The van der Waals surface area contributed by atoms with Gasteiger partial charge in [0.2, 0.25) is 11.7 Å². The van der Waals surface area contributed by atoms with Crippen LogP contribution in [0.25, 0.3) is 11.6 Å². The number of hydrogen-bond donors (Lipinski definition) is 0. The van der Waals surface area contributed by atoms with Crippen molar-refractivity contribution >= 4 is 11.8 Å². The predicted molar refractivity (Wildman–Crippen MR) is 97.8 cm³/mol. The molecule has 0 aliphatic heterocycles. The second kappa shape index (κ2) is 7.65. The van der Waals surface area contributed by atoms with E-state index in [-0.39, 0.29) is 5.92 Å². The topological polar surface area (TPSA) is 82.8 Å². The average molecular weight is 373 g/mol. The van der Waals surface area contributed by atoms with Crippen LogP contribution >= 0.6 is 11.8 Å². The van der Waals surface area contributed by atoms with Gasteiger partial charge in [-0.2, -0.15) is 4.98 Å². The number of nitrogens with zero attached hydrogens (tertiary/aromatic N) is 5. The summed E-state index contributed by atoms with van der Waals surface area (Å²) in [6.45, 7) is 4.11. The number of rotatable bonds is 6. The Labute approximate surface area is 156 Å². The zero-order chi connectivity index (χ0) is 17.9. The van der Waals surface area contributed by atoms with E-state index in [1.54, 1.807) is 18.0 Å². The fourth-order valence-corrected chi connectivity index (χ4v) is 4.15. The number of furan rings is 1. The van der Waals surface area contributed by atoms with Gasteiger partial charge in [-0.1, -0.05) is 50.0 Å². The van der Waals surface area contributed by atoms with Crippen LogP contribution in [0.15, 0.2) is 32.5 Å². The highest BCUT2D eigenvalue weighted by Gasteiger charge is 2.25. The van der Waals surface area contributed by atoms with Crippen LogP contribution < -0.4 is 0 Å². The zero-order valence-corrected chi connectivity index (χ0v) is 15.9. The van der Waals surface area contributed by atoms with E-state index in [2.05, 4.69) is 38.8 Å². The van der Waals surface area contributed by atoms with Crippen molar-refractivity contribution in [3.8, 4) is 11.6 Å². The molecule has 138 valence electrons. The molecule has 4 rings (SSSR count). The maximum absolute atomic E-state index is 5.58. The maximum Gasteiger partial charge on any atom is 0.237 e. The highest BCUT2D eigenvalue weighted by molar-refractivity contribution is 7.98. The predicted octanol–water partition coefficient (Wildman–Crippen LogP) is 4.84. The molecule has 26 heavy (non-hydrogen) atoms. The Bertz CT molecular complexity index is 834. The molecule has 1 fully saturated rings. The van der Waals surface area contributed by atoms with E-state index in [1.807, 2.05) is 12.1 Å². The molecule has 0 unspecified atom stereocenters. The SMILES string of the molecule is CC(C)c1noc(CSc2nnc(-c3ccco3)n2C2CCCCC2)n1. The molecular formula is C18H23N5O2S. The Kier molecular flexibility index (Phi) is 5.10. The van der Waals surface area contributed by atoms with Gasteiger partial charge >= 0.3 is 0 Å². The number of aromatic nitrogens is 5. The molecule has 0 bridgehead atoms. The summed E-state index contributed by atoms with van der Waals surface area (Å²) in [5.41, 5.74) is 0. The van der Waals surface area contributed by atoms with Crippen LogP contribution in [0.5, 0.6) is 0 Å². The summed E-state index contributed by atoms with van der Waals surface area (Å²) >= 11 is 1.59. The van der Waals surface area contributed by atoms with E-state index in [9.17, 15) is 0 Å². The van der Waals surface area contributed by atoms with Crippen LogP contribution in [0.2, 0.25) is 0 Å². The minimum absolute atomic E-state index is 0.258. The molecular weight excluding hydrogens is 350 g/mol. The largest absolute Gasteiger partial charge is 0.461 e. The van der Waals surface area contributed by atoms with Gasteiger partial charge in [-0.05, 0) is 25.0 Å². The molecule has 0 atom stereocenters. The molecule has 3 heterocycles. The summed E-state index contributed by atoms with van der Waals surface area (Å²) in [5.74, 6) is 3.77. The van der Waals surface area contributed by atoms with Crippen molar-refractivity contribution in [1.82, 2.24) is 24.9 Å². The first kappa shape index (κ1) is 17.3. The van der Waals surface area contributed by atoms with Crippen LogP contribution in [-0.2, 0) is 5.75 Å². The lowest BCUT2D eigenvalue weighted by Gasteiger charge is -2.25. The summed E-state index contributed by atoms with van der Waals surface area (Å²) in [4.78, 5) is 4.45. The molecule has 3 aromatic heterocycles. The Hall–Kier alpha value is -2.09. The molecule has 0 spiro atoms. The van der Waals surface area contributed by atoms with Gasteiger partial charge in [-0.25, -0.2) is 0 Å². The van der Waals surface area contributed by atoms with Gasteiger partial charge in [0.25, 0.3) is 0 Å². The lowest BCUT2D eigenvalue weighted by atomic mass is 9.95. The minimum atomic E-state index is 0.258. The lowest BCUT2D eigenvalue weighted by Crippen LogP contribution is -2.15. The molecule has 3 aromatic rings. The van der Waals surface area contributed by atoms with E-state index in [4.69, 9.17) is 8.94 Å². The van der Waals surface area contributed by atoms with Gasteiger partial charge in [0, 0.05) is 12.0 Å². The Morgan fingerprint density at radius 3 is 2.77 bits per heavy atom. The van der Waals surface area contributed by atoms with E-state index >= 15 is 0 Å². The molecule has 0 amide bonds. The van der Waals surface area contributed by atoms with E-state index in [1.165, 1.54) is 19.3 Å². The normalized spacial score (nSPS) is 15.8. The summed E-state index contributed by atoms with van der Waals surface area (Å²) in [6.07, 6.45) is 7.76. The fraction of sp³-hybridized carbons (Fsp3) is 0.556. The van der Waals surface area contributed by atoms with Crippen molar-refractivity contribution in [2.24, 2.45) is 0 Å². The second-order valence-electron chi connectivity index (χ2n) is 6.94. The van der Waals surface area contributed by atoms with Crippen LogP contribution in [-0.4, -0.2) is 24.9 Å². The summed E-state index contributed by atoms with van der Waals surface area (Å²) in [7, 11) is 0. The molecule has 7 nitrogen and oxygen atoms in total. The molecule has 0 radical (unpaired) electrons. The summed E-state index contributed by atoms with van der Waals surface area (Å²) < 4.78 is 13.2. The van der Waals surface area contributed by atoms with Crippen molar-refractivity contribution in [3.63, 3.8) is 0 Å². The van der Waals surface area contributed by atoms with Gasteiger partial charge < -0.3 is 8.94 Å². The second-order valence-corrected chi connectivity index (χ2v) is 7.88. The van der Waals surface area contributed by atoms with Crippen molar-refractivity contribution in [2.75, 3.05) is 0 Å². The third-order valence-electron chi connectivity index (χ3n) is 4.67. The van der Waals surface area contributed by atoms with Crippen molar-refractivity contribution in [3.05, 3.63) is 30.1 Å². The van der Waals surface area contributed by atoms with Crippen molar-refractivity contribution < 1.29 is 8.94 Å². The van der Waals surface area contributed by atoms with Gasteiger partial charge in [0.1, 0.15) is 0 Å². The third-order valence-corrected chi connectivity index (χ3v) is 5.60. The van der Waals surface area contributed by atoms with Crippen LogP contribution in [0, 0.1) is 0 Å². The molecule has 0 N–H and O–H groups in total. The van der Waals surface area contributed by atoms with Crippen LogP contribution in [0.3, 0.4) is 0 Å². The molecule has 1 aliphatic rings. The average Bonchev–Trinajstić information content (AvgIpc) is 3.39. The standard InChI is InChI=1S/C18H23N5O2S/c1-12(2)16-19-15(25-22-16)11-26-18-21-20-17(14-9-6-10-24-14)23(18)13-7-4-3-5-8-13/h6,9-10,12-13H,3-5,7-8,11H2,1-2H3. The lowest BCUT2D eigenvalue weighted by molar-refractivity contribution is 0.337. The fourth-order valence-electron chi connectivity index (χ4n) is 3.31. The minimum Gasteiger partial charge on any atom is -0.461 e. The van der Waals surface area contributed by atoms with E-state index in [0.717, 1.165) is 35.4 Å². The molecule has 1 aliphatic carbocycles. The Morgan fingerprint density at radius 2 is 2.08 bits per heavy atom. The highest BCUT2D eigenvalue weighted by atomic mass is 32.2. The van der Waals surface area contributed by atoms with Crippen molar-refractivity contribution in [1.29, 1.82) is 0 Å². The van der Waals surface area contributed by atoms with Crippen LogP contribution in [0.1, 0.15) is 69.6 Å². The highest BCUT2D eigenvalue weighted by Crippen LogP contribution is 2.36.